The molecule has 0 heterocycles. The second-order valence-electron chi connectivity index (χ2n) is 13.7. The Hall–Kier alpha value is 1.29. The van der Waals surface area contributed by atoms with Crippen molar-refractivity contribution in [3.05, 3.63) is 11.8 Å². The first-order valence-corrected chi connectivity index (χ1v) is 17.4. The Balaban J connectivity index is 0.000000133. The number of hydrogen-bond donors (Lipinski definition) is 0. The maximum absolute atomic E-state index is 4.89. The van der Waals surface area contributed by atoms with E-state index in [9.17, 15) is 0 Å². The quantitative estimate of drug-likeness (QED) is 0.290. The molecule has 8 rings (SSSR count). The molecule has 31 heavy (non-hydrogen) atoms. The van der Waals surface area contributed by atoms with E-state index in [0.29, 0.717) is 10.8 Å². The zero-order valence-corrected chi connectivity index (χ0v) is 24.3. The van der Waals surface area contributed by atoms with E-state index in [4.69, 9.17) is 18.6 Å². The van der Waals surface area contributed by atoms with Crippen LogP contribution in [0.15, 0.2) is 0 Å². The van der Waals surface area contributed by atoms with Crippen molar-refractivity contribution in [1.29, 1.82) is 0 Å². The van der Waals surface area contributed by atoms with Crippen molar-refractivity contribution in [3.63, 3.8) is 0 Å². The van der Waals surface area contributed by atoms with Gasteiger partial charge in [0.25, 0.3) is 0 Å². The van der Waals surface area contributed by atoms with Gasteiger partial charge in [-0.15, -0.1) is 0 Å². The average Bonchev–Trinajstić information content (AvgIpc) is 3.18. The first-order chi connectivity index (χ1) is 14.4. The molecule has 0 nitrogen and oxygen atoms in total. The van der Waals surface area contributed by atoms with E-state index in [1.54, 1.807) is 18.8 Å². The third-order valence-corrected chi connectivity index (χ3v) is 11.8. The average molecular weight is 501 g/mol. The van der Waals surface area contributed by atoms with Crippen molar-refractivity contribution in [2.24, 2.45) is 70.0 Å². The van der Waals surface area contributed by atoms with Gasteiger partial charge in [0.05, 0.1) is 0 Å². The molecule has 8 aliphatic carbocycles. The van der Waals surface area contributed by atoms with Gasteiger partial charge in [0.1, 0.15) is 0 Å². The number of hydrogen-bond acceptors (Lipinski definition) is 0. The van der Waals surface area contributed by atoms with Gasteiger partial charge in [-0.3, -0.25) is 0 Å². The zero-order chi connectivity index (χ0) is 22.9. The minimum atomic E-state index is -0.556. The Bertz CT molecular complexity index is 591. The summed E-state index contributed by atoms with van der Waals surface area (Å²) in [5.74, 6) is 13.9. The van der Waals surface area contributed by atoms with Crippen LogP contribution in [0.4, 0.5) is 0 Å². The van der Waals surface area contributed by atoms with Gasteiger partial charge in [-0.25, -0.2) is 0 Å². The number of rotatable bonds is 0. The molecule has 8 saturated carbocycles. The second kappa shape index (κ2) is 9.06. The second-order valence-corrected chi connectivity index (χ2v) is 16.3. The first kappa shape index (κ1) is 25.4. The van der Waals surface area contributed by atoms with Gasteiger partial charge in [0, 0.05) is 0 Å². The predicted molar refractivity (Wildman–Crippen MR) is 131 cm³/mol. The molecule has 4 bridgehead atoms. The third-order valence-electron chi connectivity index (χ3n) is 11.8. The molecule has 0 aliphatic heterocycles. The van der Waals surface area contributed by atoms with E-state index in [1.807, 2.05) is 5.92 Å². The normalized spacial score (nSPS) is 50.4. The SMILES string of the molecule is CC1CC(C)C2C1CC1CC2C1(C)C.C[C]1CC(C)C2[C]1CC1CC2C1(C)C.[Cl][Ti][Cl]. The van der Waals surface area contributed by atoms with Crippen molar-refractivity contribution in [1.82, 2.24) is 0 Å². The fourth-order valence-electron chi connectivity index (χ4n) is 9.84. The molecule has 0 N–H and O–H groups in total. The molecule has 2 radical (unpaired) electrons. The van der Waals surface area contributed by atoms with Crippen LogP contribution in [0.2, 0.25) is 0 Å². The summed E-state index contributed by atoms with van der Waals surface area (Å²) in [4.78, 5) is 0. The number of halogens is 2. The fourth-order valence-corrected chi connectivity index (χ4v) is 9.84. The topological polar surface area (TPSA) is 0 Å². The van der Waals surface area contributed by atoms with Crippen LogP contribution in [0.3, 0.4) is 0 Å². The Labute approximate surface area is 210 Å². The van der Waals surface area contributed by atoms with Gasteiger partial charge in [-0.2, -0.15) is 0 Å². The molecule has 0 aromatic carbocycles. The fraction of sp³-hybridized carbons (Fsp3) is 0.929. The minimum absolute atomic E-state index is 0.556. The van der Waals surface area contributed by atoms with E-state index in [2.05, 4.69) is 55.4 Å². The van der Waals surface area contributed by atoms with Crippen molar-refractivity contribution in [2.45, 2.75) is 93.9 Å². The standard InChI is InChI=1S/C14H24.C14H22.2ClH.Ti/c2*1-8-5-9(2)13-11(8)6-10-7-12(13)14(10,3)4;;;/h8-13H,5-7H2,1-4H3;9-10,12-13H,5-7H2,1-4H3;2*1H;/q;;;;+2/p-2. The molecule has 0 aromatic rings. The molecule has 10 unspecified atom stereocenters. The van der Waals surface area contributed by atoms with E-state index in [1.165, 1.54) is 25.7 Å². The summed E-state index contributed by atoms with van der Waals surface area (Å²) in [6, 6.07) is 0. The van der Waals surface area contributed by atoms with Gasteiger partial charge < -0.3 is 0 Å². The van der Waals surface area contributed by atoms with Crippen LogP contribution in [0, 0.1) is 81.8 Å². The van der Waals surface area contributed by atoms with Gasteiger partial charge in [0.15, 0.2) is 0 Å². The summed E-state index contributed by atoms with van der Waals surface area (Å²) in [6.45, 7) is 19.9. The van der Waals surface area contributed by atoms with Crippen LogP contribution in [0.25, 0.3) is 0 Å². The van der Waals surface area contributed by atoms with Gasteiger partial charge in [0.2, 0.25) is 0 Å². The Morgan fingerprint density at radius 2 is 1.32 bits per heavy atom. The van der Waals surface area contributed by atoms with Crippen molar-refractivity contribution in [2.75, 3.05) is 0 Å². The summed E-state index contributed by atoms with van der Waals surface area (Å²) in [6.07, 6.45) is 8.97. The van der Waals surface area contributed by atoms with Crippen molar-refractivity contribution < 1.29 is 17.0 Å². The monoisotopic (exact) mass is 500 g/mol. The van der Waals surface area contributed by atoms with Crippen LogP contribution in [0.5, 0.6) is 0 Å². The predicted octanol–water partition coefficient (Wildman–Crippen LogP) is 9.21. The van der Waals surface area contributed by atoms with Crippen LogP contribution < -0.4 is 0 Å². The Morgan fingerprint density at radius 1 is 0.742 bits per heavy atom. The molecular weight excluding hydrogens is 455 g/mol. The molecule has 10 atom stereocenters. The molecular formula is C28H46Cl2Ti. The summed E-state index contributed by atoms with van der Waals surface area (Å²) in [5.41, 5.74) is 1.35. The first-order valence-electron chi connectivity index (χ1n) is 13.1. The zero-order valence-electron chi connectivity index (χ0n) is 21.3. The molecule has 0 amide bonds. The van der Waals surface area contributed by atoms with Gasteiger partial charge >= 0.3 is 35.6 Å². The summed E-state index contributed by atoms with van der Waals surface area (Å²) in [5, 5.41) is 0. The van der Waals surface area contributed by atoms with Crippen molar-refractivity contribution >= 4 is 18.6 Å². The van der Waals surface area contributed by atoms with Crippen LogP contribution in [0.1, 0.15) is 93.9 Å². The van der Waals surface area contributed by atoms with Crippen LogP contribution in [-0.4, -0.2) is 0 Å². The van der Waals surface area contributed by atoms with E-state index < -0.39 is 17.0 Å². The van der Waals surface area contributed by atoms with E-state index >= 15 is 0 Å². The van der Waals surface area contributed by atoms with Crippen molar-refractivity contribution in [3.8, 4) is 0 Å². The molecule has 0 saturated heterocycles. The van der Waals surface area contributed by atoms with Gasteiger partial charge in [-0.05, 0) is 120 Å². The van der Waals surface area contributed by atoms with E-state index in [-0.39, 0.29) is 0 Å². The molecule has 0 spiro atoms. The van der Waals surface area contributed by atoms with E-state index in [0.717, 1.165) is 59.2 Å². The van der Waals surface area contributed by atoms with Crippen LogP contribution >= 0.6 is 18.6 Å². The summed E-state index contributed by atoms with van der Waals surface area (Å²) in [7, 11) is 9.78. The Morgan fingerprint density at radius 3 is 1.90 bits per heavy atom. The summed E-state index contributed by atoms with van der Waals surface area (Å²) < 4.78 is 0. The molecule has 0 aromatic heterocycles. The molecule has 8 aliphatic rings. The Kier molecular flexibility index (Phi) is 7.42. The molecule has 3 heteroatoms. The van der Waals surface area contributed by atoms with Crippen LogP contribution in [-0.2, 0) is 17.0 Å². The van der Waals surface area contributed by atoms with Gasteiger partial charge in [-0.1, -0.05) is 55.4 Å². The molecule has 8 fully saturated rings. The maximum atomic E-state index is 4.89. The molecule has 176 valence electrons. The summed E-state index contributed by atoms with van der Waals surface area (Å²) >= 11 is -0.556. The third kappa shape index (κ3) is 4.06.